The van der Waals surface area contributed by atoms with Crippen molar-refractivity contribution in [2.45, 2.75) is 61.9 Å². The summed E-state index contributed by atoms with van der Waals surface area (Å²) in [6.45, 7) is 4.26. The van der Waals surface area contributed by atoms with Crippen molar-refractivity contribution in [1.29, 1.82) is 0 Å². The maximum absolute atomic E-state index is 14.0. The van der Waals surface area contributed by atoms with Crippen LogP contribution in [0.1, 0.15) is 38.7 Å². The highest BCUT2D eigenvalue weighted by Gasteiger charge is 2.35. The molecule has 240 valence electrons. The van der Waals surface area contributed by atoms with Crippen molar-refractivity contribution >= 4 is 109 Å². The molecule has 2 aromatic rings. The first-order chi connectivity index (χ1) is 20.2. The second-order valence-electron chi connectivity index (χ2n) is 10.2. The molecule has 0 saturated carbocycles. The average Bonchev–Trinajstić information content (AvgIpc) is 3.31. The molecule has 43 heavy (non-hydrogen) atoms. The number of rotatable bonds is 17. The van der Waals surface area contributed by atoms with Crippen LogP contribution < -0.4 is 15.4 Å². The highest BCUT2D eigenvalue weighted by Crippen LogP contribution is 2.34. The molecule has 0 unspecified atom stereocenters. The molecule has 2 rings (SSSR count). The maximum atomic E-state index is 14.0. The minimum Gasteiger partial charge on any atom is -0.354 e. The van der Waals surface area contributed by atoms with E-state index >= 15 is 0 Å². The molecule has 1 aromatic carbocycles. The molecular weight excluding hydrogens is 790 g/mol. The largest absolute Gasteiger partial charge is 0.354 e. The lowest BCUT2D eigenvalue weighted by molar-refractivity contribution is -0.141. The van der Waals surface area contributed by atoms with Gasteiger partial charge in [-0.05, 0) is 71.5 Å². The molecule has 0 radical (unpaired) electrons. The van der Waals surface area contributed by atoms with Gasteiger partial charge in [-0.3, -0.25) is 14.4 Å². The minimum absolute atomic E-state index is 0.0229. The summed E-state index contributed by atoms with van der Waals surface area (Å²) < 4.78 is 30.0. The predicted molar refractivity (Wildman–Crippen MR) is 186 cm³/mol. The molecule has 3 N–H and O–H groups in total. The van der Waals surface area contributed by atoms with Crippen LogP contribution in [0.3, 0.4) is 0 Å². The molecule has 0 aliphatic heterocycles. The number of nitrogens with one attached hydrogen (secondary N) is 3. The van der Waals surface area contributed by atoms with Gasteiger partial charge in [0.2, 0.25) is 17.7 Å². The number of nitrogens with zero attached hydrogens (tertiary/aromatic N) is 1. The number of thiol groups is 1. The van der Waals surface area contributed by atoms with E-state index in [1.807, 2.05) is 38.1 Å². The SMILES string of the molecule is CC(C)CC[C@H](NS(=O)(=O)c1cc(Cl)c(Cl)s1)C(=O)N(C)[C@@H](Cc1ccc(I)cc1)C(=O)N[C@@H](CS)C(=O)NCCCCl. The van der Waals surface area contributed by atoms with Crippen molar-refractivity contribution in [2.75, 3.05) is 25.2 Å². The van der Waals surface area contributed by atoms with Crippen LogP contribution in [-0.4, -0.2) is 74.4 Å². The zero-order chi connectivity index (χ0) is 32.3. The van der Waals surface area contributed by atoms with Crippen LogP contribution in [0.25, 0.3) is 0 Å². The Morgan fingerprint density at radius 3 is 2.26 bits per heavy atom. The van der Waals surface area contributed by atoms with Crippen molar-refractivity contribution in [3.05, 3.63) is 48.8 Å². The number of amides is 3. The molecule has 0 fully saturated rings. The third kappa shape index (κ3) is 12.1. The van der Waals surface area contributed by atoms with Crippen molar-refractivity contribution in [3.63, 3.8) is 0 Å². The van der Waals surface area contributed by atoms with Gasteiger partial charge in [0, 0.05) is 35.2 Å². The van der Waals surface area contributed by atoms with Crippen molar-refractivity contribution in [2.24, 2.45) is 5.92 Å². The fourth-order valence-electron chi connectivity index (χ4n) is 3.95. The van der Waals surface area contributed by atoms with Crippen molar-refractivity contribution in [3.8, 4) is 0 Å². The van der Waals surface area contributed by atoms with Gasteiger partial charge in [-0.15, -0.1) is 22.9 Å². The molecule has 1 aromatic heterocycles. The van der Waals surface area contributed by atoms with Crippen LogP contribution in [0, 0.1) is 9.49 Å². The molecule has 0 saturated heterocycles. The van der Waals surface area contributed by atoms with Crippen LogP contribution in [0.5, 0.6) is 0 Å². The number of thiophene rings is 1. The summed E-state index contributed by atoms with van der Waals surface area (Å²) in [4.78, 5) is 41.6. The van der Waals surface area contributed by atoms with Crippen LogP contribution in [0.15, 0.2) is 34.5 Å². The van der Waals surface area contributed by atoms with E-state index in [1.54, 1.807) is 0 Å². The lowest BCUT2D eigenvalue weighted by Gasteiger charge is -2.32. The Bertz CT molecular complexity index is 1330. The van der Waals surface area contributed by atoms with Gasteiger partial charge in [0.15, 0.2) is 0 Å². The topological polar surface area (TPSA) is 125 Å². The molecule has 1 heterocycles. The normalized spacial score (nSPS) is 13.8. The van der Waals surface area contributed by atoms with E-state index in [2.05, 4.69) is 50.6 Å². The lowest BCUT2D eigenvalue weighted by atomic mass is 10.0. The van der Waals surface area contributed by atoms with E-state index in [4.69, 9.17) is 34.8 Å². The molecule has 0 bridgehead atoms. The standard InChI is InChI=1S/C27H36Cl3IN4O5S3/c1-16(2)5-10-20(34-43(39,40)23-14-19(29)24(30)42-23)27(38)35(3)22(13-17-6-8-18(31)9-7-17)26(37)33-21(15-41)25(36)32-12-4-11-28/h6-9,14,16,20-22,34,41H,4-5,10-13,15H2,1-3H3,(H,32,36)(H,33,37)/t20-,21-,22-/m0/s1. The van der Waals surface area contributed by atoms with Gasteiger partial charge < -0.3 is 15.5 Å². The number of likely N-dealkylation sites (N-methyl/N-ethyl adjacent to an activating group) is 1. The first kappa shape index (κ1) is 38.4. The molecule has 0 spiro atoms. The summed E-state index contributed by atoms with van der Waals surface area (Å²) >= 11 is 24.9. The Kier molecular flexibility index (Phi) is 16.4. The van der Waals surface area contributed by atoms with Gasteiger partial charge in [-0.25, -0.2) is 8.42 Å². The highest BCUT2D eigenvalue weighted by molar-refractivity contribution is 14.1. The number of carbonyl (C=O) groups excluding carboxylic acids is 3. The van der Waals surface area contributed by atoms with Gasteiger partial charge in [-0.2, -0.15) is 17.4 Å². The number of sulfonamides is 1. The summed E-state index contributed by atoms with van der Waals surface area (Å²) in [6.07, 6.45) is 1.41. The van der Waals surface area contributed by atoms with E-state index in [0.717, 1.165) is 20.5 Å². The zero-order valence-corrected chi connectivity index (χ0v) is 30.9. The minimum atomic E-state index is -4.16. The summed E-state index contributed by atoms with van der Waals surface area (Å²) in [5.74, 6) is -1.03. The Balaban J connectivity index is 2.39. The first-order valence-electron chi connectivity index (χ1n) is 13.4. The summed E-state index contributed by atoms with van der Waals surface area (Å²) in [5, 5.41) is 5.52. The number of alkyl halides is 1. The van der Waals surface area contributed by atoms with Gasteiger partial charge in [-0.1, -0.05) is 49.2 Å². The van der Waals surface area contributed by atoms with Crippen molar-refractivity contribution in [1.82, 2.24) is 20.3 Å². The van der Waals surface area contributed by atoms with E-state index < -0.39 is 45.9 Å². The molecule has 3 atom stereocenters. The second kappa shape index (κ2) is 18.4. The molecule has 3 amide bonds. The Labute approximate surface area is 291 Å². The molecule has 16 heteroatoms. The number of hydrogen-bond donors (Lipinski definition) is 4. The molecule has 0 aliphatic carbocycles. The molecule has 9 nitrogen and oxygen atoms in total. The summed E-state index contributed by atoms with van der Waals surface area (Å²) in [5.41, 5.74) is 0.774. The van der Waals surface area contributed by atoms with E-state index in [-0.39, 0.29) is 38.1 Å². The smallest absolute Gasteiger partial charge is 0.250 e. The fourth-order valence-corrected chi connectivity index (χ4v) is 7.82. The summed E-state index contributed by atoms with van der Waals surface area (Å²) in [7, 11) is -2.71. The van der Waals surface area contributed by atoms with Gasteiger partial charge in [0.05, 0.1) is 5.02 Å². The Morgan fingerprint density at radius 2 is 1.72 bits per heavy atom. The number of benzene rings is 1. The number of hydrogen-bond acceptors (Lipinski definition) is 7. The van der Waals surface area contributed by atoms with E-state index in [0.29, 0.717) is 25.3 Å². The molecule has 0 aliphatic rings. The number of halogens is 4. The van der Waals surface area contributed by atoms with Gasteiger partial charge in [0.25, 0.3) is 10.0 Å². The van der Waals surface area contributed by atoms with Crippen LogP contribution >= 0.6 is 81.4 Å². The third-order valence-corrected chi connectivity index (χ3v) is 11.6. The van der Waals surface area contributed by atoms with Gasteiger partial charge >= 0.3 is 0 Å². The van der Waals surface area contributed by atoms with Crippen LogP contribution in [0.4, 0.5) is 0 Å². The second-order valence-corrected chi connectivity index (χ2v) is 16.2. The van der Waals surface area contributed by atoms with Crippen molar-refractivity contribution < 1.29 is 22.8 Å². The summed E-state index contributed by atoms with van der Waals surface area (Å²) in [6, 6.07) is 5.47. The lowest BCUT2D eigenvalue weighted by Crippen LogP contribution is -2.58. The predicted octanol–water partition coefficient (Wildman–Crippen LogP) is 4.97. The monoisotopic (exact) mass is 824 g/mol. The zero-order valence-electron chi connectivity index (χ0n) is 23.9. The Hall–Kier alpha value is -0.810. The van der Waals surface area contributed by atoms with E-state index in [9.17, 15) is 22.8 Å². The van der Waals surface area contributed by atoms with Gasteiger partial charge in [0.1, 0.15) is 26.7 Å². The van der Waals surface area contributed by atoms with Crippen LogP contribution in [-0.2, 0) is 30.8 Å². The highest BCUT2D eigenvalue weighted by atomic mass is 127. The first-order valence-corrected chi connectivity index (χ1v) is 18.7. The third-order valence-electron chi connectivity index (χ3n) is 6.40. The number of carbonyl (C=O) groups is 3. The average molecular weight is 826 g/mol. The Morgan fingerprint density at radius 1 is 1.07 bits per heavy atom. The van der Waals surface area contributed by atoms with Crippen LogP contribution in [0.2, 0.25) is 9.36 Å². The quantitative estimate of drug-likeness (QED) is 0.0777. The van der Waals surface area contributed by atoms with E-state index in [1.165, 1.54) is 18.0 Å². The maximum Gasteiger partial charge on any atom is 0.250 e. The molecular formula is C27H36Cl3IN4O5S3. The fraction of sp³-hybridized carbons (Fsp3) is 0.519.